The van der Waals surface area contributed by atoms with Crippen LogP contribution in [-0.2, 0) is 9.47 Å². The van der Waals surface area contributed by atoms with Crippen LogP contribution >= 0.6 is 0 Å². The van der Waals surface area contributed by atoms with Crippen LogP contribution in [0, 0.1) is 5.41 Å². The van der Waals surface area contributed by atoms with E-state index < -0.39 is 0 Å². The fraction of sp³-hybridized carbons (Fsp3) is 1.00. The fourth-order valence-corrected chi connectivity index (χ4v) is 2.50. The summed E-state index contributed by atoms with van der Waals surface area (Å²) in [5.74, 6) is 0. The van der Waals surface area contributed by atoms with Gasteiger partial charge in [0, 0.05) is 31.2 Å². The lowest BCUT2D eigenvalue weighted by Gasteiger charge is -2.53. The topological polar surface area (TPSA) is 33.7 Å². The molecule has 2 atom stereocenters. The third-order valence-electron chi connectivity index (χ3n) is 3.90. The fourth-order valence-electron chi connectivity index (χ4n) is 2.50. The Kier molecular flexibility index (Phi) is 3.85. The summed E-state index contributed by atoms with van der Waals surface area (Å²) in [4.78, 5) is 0. The molecule has 0 aromatic carbocycles. The Balaban J connectivity index is 1.79. The Morgan fingerprint density at radius 1 is 1.38 bits per heavy atom. The van der Waals surface area contributed by atoms with E-state index in [4.69, 9.17) is 9.47 Å². The zero-order valence-corrected chi connectivity index (χ0v) is 10.7. The molecule has 1 heterocycles. The molecule has 0 amide bonds. The van der Waals surface area contributed by atoms with Crippen molar-refractivity contribution in [3.05, 3.63) is 0 Å². The van der Waals surface area contributed by atoms with Gasteiger partial charge in [-0.1, -0.05) is 13.8 Å². The first-order valence-corrected chi connectivity index (χ1v) is 6.35. The van der Waals surface area contributed by atoms with Gasteiger partial charge in [0.2, 0.25) is 0 Å². The molecule has 0 bridgehead atoms. The largest absolute Gasteiger partial charge is 0.379 e. The number of hydrazine groups is 1. The Labute approximate surface area is 98.2 Å². The summed E-state index contributed by atoms with van der Waals surface area (Å²) in [5.41, 5.74) is 3.85. The van der Waals surface area contributed by atoms with E-state index in [2.05, 4.69) is 31.2 Å². The van der Waals surface area contributed by atoms with Crippen molar-refractivity contribution in [1.82, 2.24) is 10.4 Å². The van der Waals surface area contributed by atoms with Crippen LogP contribution in [0.15, 0.2) is 0 Å². The Bertz CT molecular complexity index is 227. The summed E-state index contributed by atoms with van der Waals surface area (Å²) >= 11 is 0. The molecule has 2 unspecified atom stereocenters. The first-order chi connectivity index (χ1) is 7.64. The average Bonchev–Trinajstić information content (AvgIpc) is 2.29. The molecule has 0 radical (unpaired) electrons. The second-order valence-electron chi connectivity index (χ2n) is 5.28. The lowest BCUT2D eigenvalue weighted by molar-refractivity contribution is -0.137. The summed E-state index contributed by atoms with van der Waals surface area (Å²) < 4.78 is 11.1. The number of rotatable bonds is 4. The van der Waals surface area contributed by atoms with Crippen molar-refractivity contribution in [2.75, 3.05) is 32.9 Å². The van der Waals surface area contributed by atoms with Crippen LogP contribution < -0.4 is 5.43 Å². The highest BCUT2D eigenvalue weighted by Crippen LogP contribution is 2.42. The van der Waals surface area contributed by atoms with Gasteiger partial charge < -0.3 is 9.47 Å². The summed E-state index contributed by atoms with van der Waals surface area (Å²) in [6.45, 7) is 11.1. The lowest BCUT2D eigenvalue weighted by atomic mass is 9.64. The maximum atomic E-state index is 5.73. The van der Waals surface area contributed by atoms with Gasteiger partial charge in [0.05, 0.1) is 19.3 Å². The third-order valence-corrected chi connectivity index (χ3v) is 3.90. The molecular formula is C12H24N2O2. The van der Waals surface area contributed by atoms with E-state index in [1.807, 2.05) is 0 Å². The van der Waals surface area contributed by atoms with Crippen LogP contribution in [0.2, 0.25) is 0 Å². The molecule has 0 spiro atoms. The molecule has 4 nitrogen and oxygen atoms in total. The van der Waals surface area contributed by atoms with Crippen molar-refractivity contribution in [2.45, 2.75) is 39.3 Å². The molecule has 4 heteroatoms. The van der Waals surface area contributed by atoms with Crippen LogP contribution in [0.3, 0.4) is 0 Å². The molecule has 1 saturated heterocycles. The predicted molar refractivity (Wildman–Crippen MR) is 63.1 cm³/mol. The highest BCUT2D eigenvalue weighted by atomic mass is 16.5. The van der Waals surface area contributed by atoms with Crippen LogP contribution in [0.4, 0.5) is 0 Å². The smallest absolute Gasteiger partial charge is 0.0656 e. The Morgan fingerprint density at radius 3 is 2.62 bits per heavy atom. The summed E-state index contributed by atoms with van der Waals surface area (Å²) in [7, 11) is 0. The van der Waals surface area contributed by atoms with Gasteiger partial charge in [0.1, 0.15) is 0 Å². The number of hydrogen-bond acceptors (Lipinski definition) is 4. The van der Waals surface area contributed by atoms with Crippen molar-refractivity contribution in [1.29, 1.82) is 0 Å². The van der Waals surface area contributed by atoms with E-state index in [9.17, 15) is 0 Å². The van der Waals surface area contributed by atoms with Gasteiger partial charge in [0.25, 0.3) is 0 Å². The molecule has 0 aromatic rings. The van der Waals surface area contributed by atoms with Gasteiger partial charge in [0.15, 0.2) is 0 Å². The lowest BCUT2D eigenvalue weighted by Crippen LogP contribution is -2.65. The number of nitrogens with one attached hydrogen (secondary N) is 1. The first-order valence-electron chi connectivity index (χ1n) is 6.35. The standard InChI is InChI=1S/C12H24N2O2/c1-4-16-11-9-10(12(11,2)3)13-14-5-7-15-8-6-14/h10-11,13H,4-9H2,1-3H3. The normalized spacial score (nSPS) is 34.7. The molecule has 1 aliphatic carbocycles. The van der Waals surface area contributed by atoms with E-state index in [1.165, 1.54) is 0 Å². The highest BCUT2D eigenvalue weighted by Gasteiger charge is 2.49. The van der Waals surface area contributed by atoms with Crippen molar-refractivity contribution < 1.29 is 9.47 Å². The predicted octanol–water partition coefficient (Wildman–Crippen LogP) is 1.03. The SMILES string of the molecule is CCOC1CC(NN2CCOCC2)C1(C)C. The second-order valence-corrected chi connectivity index (χ2v) is 5.28. The Morgan fingerprint density at radius 2 is 2.06 bits per heavy atom. The van der Waals surface area contributed by atoms with E-state index >= 15 is 0 Å². The number of hydrogen-bond donors (Lipinski definition) is 1. The molecule has 2 aliphatic rings. The zero-order chi connectivity index (χ0) is 11.6. The number of morpholine rings is 1. The third kappa shape index (κ3) is 2.40. The minimum Gasteiger partial charge on any atom is -0.379 e. The molecule has 94 valence electrons. The van der Waals surface area contributed by atoms with E-state index in [0.29, 0.717) is 12.1 Å². The van der Waals surface area contributed by atoms with Gasteiger partial charge in [-0.05, 0) is 13.3 Å². The van der Waals surface area contributed by atoms with Crippen molar-refractivity contribution in [3.63, 3.8) is 0 Å². The van der Waals surface area contributed by atoms with Gasteiger partial charge in [-0.2, -0.15) is 0 Å². The average molecular weight is 228 g/mol. The van der Waals surface area contributed by atoms with Gasteiger partial charge >= 0.3 is 0 Å². The van der Waals surface area contributed by atoms with E-state index in [-0.39, 0.29) is 5.41 Å². The number of ether oxygens (including phenoxy) is 2. The molecule has 1 N–H and O–H groups in total. The minimum atomic E-state index is 0.244. The Hall–Kier alpha value is -0.160. The summed E-state index contributed by atoms with van der Waals surface area (Å²) in [6, 6.07) is 0.544. The van der Waals surface area contributed by atoms with E-state index in [1.54, 1.807) is 0 Å². The van der Waals surface area contributed by atoms with Crippen LogP contribution in [0.1, 0.15) is 27.2 Å². The second kappa shape index (κ2) is 5.00. The summed E-state index contributed by atoms with van der Waals surface area (Å²) in [6.07, 6.45) is 1.54. The van der Waals surface area contributed by atoms with Crippen molar-refractivity contribution in [2.24, 2.45) is 5.41 Å². The zero-order valence-electron chi connectivity index (χ0n) is 10.7. The van der Waals surface area contributed by atoms with E-state index in [0.717, 1.165) is 39.3 Å². The molecule has 2 rings (SSSR count). The molecule has 1 saturated carbocycles. The number of nitrogens with zero attached hydrogens (tertiary/aromatic N) is 1. The summed E-state index contributed by atoms with van der Waals surface area (Å²) in [5, 5.41) is 2.29. The van der Waals surface area contributed by atoms with Crippen molar-refractivity contribution >= 4 is 0 Å². The van der Waals surface area contributed by atoms with Gasteiger partial charge in [-0.15, -0.1) is 0 Å². The molecule has 0 aromatic heterocycles. The molecule has 16 heavy (non-hydrogen) atoms. The van der Waals surface area contributed by atoms with Crippen LogP contribution in [-0.4, -0.2) is 50.1 Å². The maximum Gasteiger partial charge on any atom is 0.0656 e. The minimum absolute atomic E-state index is 0.244. The highest BCUT2D eigenvalue weighted by molar-refractivity contribution is 5.02. The quantitative estimate of drug-likeness (QED) is 0.779. The van der Waals surface area contributed by atoms with Crippen molar-refractivity contribution in [3.8, 4) is 0 Å². The molecular weight excluding hydrogens is 204 g/mol. The van der Waals surface area contributed by atoms with Gasteiger partial charge in [-0.25, -0.2) is 5.01 Å². The molecule has 2 fully saturated rings. The molecule has 1 aliphatic heterocycles. The maximum absolute atomic E-state index is 5.73. The first kappa shape index (κ1) is 12.3. The van der Waals surface area contributed by atoms with Gasteiger partial charge in [-0.3, -0.25) is 5.43 Å². The monoisotopic (exact) mass is 228 g/mol. The van der Waals surface area contributed by atoms with Crippen LogP contribution in [0.25, 0.3) is 0 Å². The van der Waals surface area contributed by atoms with Crippen LogP contribution in [0.5, 0.6) is 0 Å².